The van der Waals surface area contributed by atoms with Crippen LogP contribution in [0.3, 0.4) is 0 Å². The minimum Gasteiger partial charge on any atom is -0.354 e. The van der Waals surface area contributed by atoms with E-state index in [4.69, 9.17) is 4.98 Å². The smallest absolute Gasteiger partial charge is 0.146 e. The molecule has 22 heavy (non-hydrogen) atoms. The van der Waals surface area contributed by atoms with E-state index in [0.717, 1.165) is 25.2 Å². The van der Waals surface area contributed by atoms with E-state index in [-0.39, 0.29) is 0 Å². The molecule has 4 rings (SSSR count). The zero-order valence-electron chi connectivity index (χ0n) is 13.5. The Morgan fingerprint density at radius 2 is 1.95 bits per heavy atom. The minimum absolute atomic E-state index is 0.693. The fourth-order valence-corrected chi connectivity index (χ4v) is 5.34. The molecule has 0 radical (unpaired) electrons. The van der Waals surface area contributed by atoms with Crippen molar-refractivity contribution in [1.29, 1.82) is 0 Å². The van der Waals surface area contributed by atoms with E-state index in [9.17, 15) is 0 Å². The summed E-state index contributed by atoms with van der Waals surface area (Å²) in [7, 11) is 0. The van der Waals surface area contributed by atoms with Gasteiger partial charge in [0.05, 0.1) is 4.70 Å². The molecule has 2 aromatic heterocycles. The number of hydrogen-bond donors (Lipinski definition) is 0. The Hall–Kier alpha value is -1.13. The number of aromatic nitrogens is 1. The molecule has 2 aromatic rings. The Bertz CT molecular complexity index is 643. The summed E-state index contributed by atoms with van der Waals surface area (Å²) in [5.41, 5.74) is 0. The van der Waals surface area contributed by atoms with Crippen molar-refractivity contribution in [2.45, 2.75) is 57.7 Å². The highest BCUT2D eigenvalue weighted by Gasteiger charge is 2.35. The predicted molar refractivity (Wildman–Crippen MR) is 94.9 cm³/mol. The van der Waals surface area contributed by atoms with E-state index in [0.29, 0.717) is 6.04 Å². The van der Waals surface area contributed by atoms with Crippen LogP contribution in [0, 0.1) is 0 Å². The molecule has 0 amide bonds. The average Bonchev–Trinajstić information content (AvgIpc) is 3.13. The fraction of sp³-hybridized carbons (Fsp3) is 0.611. The van der Waals surface area contributed by atoms with Crippen LogP contribution in [0.4, 0.5) is 5.82 Å². The normalized spacial score (nSPS) is 30.3. The lowest BCUT2D eigenvalue weighted by Crippen LogP contribution is -2.51. The summed E-state index contributed by atoms with van der Waals surface area (Å²) in [6, 6.07) is 6.51. The lowest BCUT2D eigenvalue weighted by Gasteiger charge is -2.42. The summed E-state index contributed by atoms with van der Waals surface area (Å²) in [5.74, 6) is 1.21. The minimum atomic E-state index is 0.693. The SMILES string of the molecule is C[C@@H]1CC[C@H](C)N1[C@H]1CCCN(c2nccc3ccsc23)C1. The van der Waals surface area contributed by atoms with E-state index in [1.807, 2.05) is 17.5 Å². The zero-order chi connectivity index (χ0) is 15.1. The van der Waals surface area contributed by atoms with Gasteiger partial charge in [-0.25, -0.2) is 4.98 Å². The monoisotopic (exact) mass is 315 g/mol. The summed E-state index contributed by atoms with van der Waals surface area (Å²) in [6.45, 7) is 7.09. The highest BCUT2D eigenvalue weighted by atomic mass is 32.1. The number of thiophene rings is 1. The molecule has 4 heteroatoms. The van der Waals surface area contributed by atoms with Gasteiger partial charge in [-0.2, -0.15) is 0 Å². The van der Waals surface area contributed by atoms with Gasteiger partial charge in [0, 0.05) is 37.4 Å². The molecule has 4 heterocycles. The first-order chi connectivity index (χ1) is 10.7. The van der Waals surface area contributed by atoms with E-state index < -0.39 is 0 Å². The molecule has 118 valence electrons. The quantitative estimate of drug-likeness (QED) is 0.830. The largest absolute Gasteiger partial charge is 0.354 e. The second kappa shape index (κ2) is 5.82. The Morgan fingerprint density at radius 1 is 1.14 bits per heavy atom. The number of pyridine rings is 1. The number of fused-ring (bicyclic) bond motifs is 1. The van der Waals surface area contributed by atoms with Gasteiger partial charge in [-0.15, -0.1) is 11.3 Å². The van der Waals surface area contributed by atoms with Gasteiger partial charge < -0.3 is 4.90 Å². The third-order valence-electron chi connectivity index (χ3n) is 5.49. The Kier molecular flexibility index (Phi) is 3.82. The molecule has 0 N–H and O–H groups in total. The van der Waals surface area contributed by atoms with E-state index in [1.54, 1.807) is 0 Å². The number of nitrogens with zero attached hydrogens (tertiary/aromatic N) is 3. The number of hydrogen-bond acceptors (Lipinski definition) is 4. The number of likely N-dealkylation sites (tertiary alicyclic amines) is 1. The van der Waals surface area contributed by atoms with Crippen molar-refractivity contribution in [1.82, 2.24) is 9.88 Å². The van der Waals surface area contributed by atoms with Crippen LogP contribution >= 0.6 is 11.3 Å². The topological polar surface area (TPSA) is 19.4 Å². The number of anilines is 1. The van der Waals surface area contributed by atoms with Gasteiger partial charge in [-0.05, 0) is 62.4 Å². The first-order valence-corrected chi connectivity index (χ1v) is 9.46. The average molecular weight is 315 g/mol. The molecule has 0 aliphatic carbocycles. The highest BCUT2D eigenvalue weighted by Crippen LogP contribution is 2.34. The van der Waals surface area contributed by atoms with Crippen LogP contribution in [0.5, 0.6) is 0 Å². The first-order valence-electron chi connectivity index (χ1n) is 8.58. The van der Waals surface area contributed by atoms with E-state index >= 15 is 0 Å². The zero-order valence-corrected chi connectivity index (χ0v) is 14.4. The van der Waals surface area contributed by atoms with Gasteiger partial charge in [-0.1, -0.05) is 0 Å². The first kappa shape index (κ1) is 14.5. The third kappa shape index (κ3) is 2.42. The maximum Gasteiger partial charge on any atom is 0.146 e. The van der Waals surface area contributed by atoms with Crippen LogP contribution in [0.15, 0.2) is 23.7 Å². The second-order valence-corrected chi connectivity index (χ2v) is 7.85. The molecule has 0 spiro atoms. The van der Waals surface area contributed by atoms with Gasteiger partial charge >= 0.3 is 0 Å². The Morgan fingerprint density at radius 3 is 2.77 bits per heavy atom. The van der Waals surface area contributed by atoms with Crippen molar-refractivity contribution >= 4 is 27.2 Å². The van der Waals surface area contributed by atoms with Gasteiger partial charge in [0.15, 0.2) is 0 Å². The molecular weight excluding hydrogens is 290 g/mol. The Labute approximate surface area is 136 Å². The molecule has 3 atom stereocenters. The van der Waals surface area contributed by atoms with Crippen molar-refractivity contribution in [3.8, 4) is 0 Å². The summed E-state index contributed by atoms with van der Waals surface area (Å²) in [6.07, 6.45) is 7.30. The molecule has 2 fully saturated rings. The van der Waals surface area contributed by atoms with Gasteiger partial charge in [0.1, 0.15) is 5.82 Å². The molecule has 2 aliphatic rings. The molecule has 0 aromatic carbocycles. The van der Waals surface area contributed by atoms with Crippen LogP contribution in [0.25, 0.3) is 10.1 Å². The van der Waals surface area contributed by atoms with Crippen molar-refractivity contribution in [3.63, 3.8) is 0 Å². The van der Waals surface area contributed by atoms with Crippen molar-refractivity contribution in [3.05, 3.63) is 23.7 Å². The summed E-state index contributed by atoms with van der Waals surface area (Å²) < 4.78 is 1.35. The molecule has 0 bridgehead atoms. The maximum absolute atomic E-state index is 4.72. The van der Waals surface area contributed by atoms with Crippen LogP contribution in [0.1, 0.15) is 39.5 Å². The van der Waals surface area contributed by atoms with E-state index in [2.05, 4.69) is 41.2 Å². The fourth-order valence-electron chi connectivity index (χ4n) is 4.43. The maximum atomic E-state index is 4.72. The summed E-state index contributed by atoms with van der Waals surface area (Å²) in [4.78, 5) is 10.0. The summed E-state index contributed by atoms with van der Waals surface area (Å²) in [5, 5.41) is 3.52. The Balaban J connectivity index is 1.60. The molecular formula is C18H25N3S. The second-order valence-electron chi connectivity index (χ2n) is 6.94. The predicted octanol–water partition coefficient (Wildman–Crippen LogP) is 4.14. The lowest BCUT2D eigenvalue weighted by atomic mass is 10.0. The van der Waals surface area contributed by atoms with Gasteiger partial charge in [-0.3, -0.25) is 4.90 Å². The lowest BCUT2D eigenvalue weighted by molar-refractivity contribution is 0.129. The third-order valence-corrected chi connectivity index (χ3v) is 6.41. The number of piperidine rings is 1. The molecule has 0 unspecified atom stereocenters. The van der Waals surface area contributed by atoms with Crippen LogP contribution in [-0.2, 0) is 0 Å². The molecule has 3 nitrogen and oxygen atoms in total. The molecule has 0 saturated carbocycles. The number of rotatable bonds is 2. The van der Waals surface area contributed by atoms with Crippen molar-refractivity contribution in [2.75, 3.05) is 18.0 Å². The standard InChI is InChI=1S/C18H25N3S/c1-13-5-6-14(2)21(13)16-4-3-10-20(12-16)18-17-15(7-9-19-18)8-11-22-17/h7-9,11,13-14,16H,3-6,10,12H2,1-2H3/t13-,14+,16-/m0/s1. The van der Waals surface area contributed by atoms with E-state index in [1.165, 1.54) is 41.6 Å². The van der Waals surface area contributed by atoms with Gasteiger partial charge in [0.2, 0.25) is 0 Å². The summed E-state index contributed by atoms with van der Waals surface area (Å²) >= 11 is 1.82. The highest BCUT2D eigenvalue weighted by molar-refractivity contribution is 7.17. The van der Waals surface area contributed by atoms with Crippen molar-refractivity contribution < 1.29 is 0 Å². The molecule has 2 saturated heterocycles. The van der Waals surface area contributed by atoms with Crippen molar-refractivity contribution in [2.24, 2.45) is 0 Å². The van der Waals surface area contributed by atoms with Crippen LogP contribution in [0.2, 0.25) is 0 Å². The van der Waals surface area contributed by atoms with Gasteiger partial charge in [0.25, 0.3) is 0 Å². The molecule has 2 aliphatic heterocycles. The van der Waals surface area contributed by atoms with Crippen LogP contribution < -0.4 is 4.90 Å². The van der Waals surface area contributed by atoms with Crippen LogP contribution in [-0.4, -0.2) is 41.1 Å².